The second-order valence-electron chi connectivity index (χ2n) is 5.63. The van der Waals surface area contributed by atoms with Gasteiger partial charge in [-0.25, -0.2) is 0 Å². The average molecular weight is 291 g/mol. The van der Waals surface area contributed by atoms with Crippen molar-refractivity contribution in [2.24, 2.45) is 0 Å². The maximum Gasteiger partial charge on any atom is 0.416 e. The number of benzene rings is 2. The van der Waals surface area contributed by atoms with E-state index < -0.39 is 11.7 Å². The summed E-state index contributed by atoms with van der Waals surface area (Å²) in [7, 11) is 0. The maximum atomic E-state index is 12.8. The topological polar surface area (TPSA) is 12.0 Å². The van der Waals surface area contributed by atoms with Gasteiger partial charge in [-0.15, -0.1) is 0 Å². The Kier molecular flexibility index (Phi) is 3.19. The molecule has 0 aliphatic carbocycles. The van der Waals surface area contributed by atoms with Crippen LogP contribution in [0.2, 0.25) is 0 Å². The molecule has 3 rings (SSSR count). The number of fused-ring (bicyclic) bond motifs is 1. The standard InChI is InChI=1S/C17H16F3N/c1-10-3-4-11(2)14(7-10)16-9-12-8-13(17(18,19)20)5-6-15(12)21-16/h3-8,16,21H,9H2,1-2H3. The van der Waals surface area contributed by atoms with Gasteiger partial charge in [0.15, 0.2) is 0 Å². The molecular weight excluding hydrogens is 275 g/mol. The van der Waals surface area contributed by atoms with Crippen LogP contribution in [0.3, 0.4) is 0 Å². The molecule has 1 nitrogen and oxygen atoms in total. The minimum atomic E-state index is -4.29. The van der Waals surface area contributed by atoms with E-state index in [1.54, 1.807) is 0 Å². The van der Waals surface area contributed by atoms with Crippen molar-refractivity contribution in [1.82, 2.24) is 0 Å². The van der Waals surface area contributed by atoms with Gasteiger partial charge in [0.1, 0.15) is 0 Å². The van der Waals surface area contributed by atoms with Gasteiger partial charge in [-0.05, 0) is 55.2 Å². The normalized spacial score (nSPS) is 17.5. The minimum absolute atomic E-state index is 0.0448. The predicted molar refractivity (Wildman–Crippen MR) is 77.4 cm³/mol. The monoisotopic (exact) mass is 291 g/mol. The summed E-state index contributed by atoms with van der Waals surface area (Å²) in [5.74, 6) is 0. The molecule has 0 saturated heterocycles. The lowest BCUT2D eigenvalue weighted by molar-refractivity contribution is -0.137. The van der Waals surface area contributed by atoms with Crippen LogP contribution in [0.4, 0.5) is 18.9 Å². The number of nitrogens with one attached hydrogen (secondary N) is 1. The summed E-state index contributed by atoms with van der Waals surface area (Å²) in [6.45, 7) is 4.05. The van der Waals surface area contributed by atoms with Crippen LogP contribution < -0.4 is 5.32 Å². The van der Waals surface area contributed by atoms with Gasteiger partial charge < -0.3 is 5.32 Å². The molecule has 1 atom stereocenters. The van der Waals surface area contributed by atoms with Gasteiger partial charge >= 0.3 is 6.18 Å². The van der Waals surface area contributed by atoms with Crippen molar-refractivity contribution in [1.29, 1.82) is 0 Å². The van der Waals surface area contributed by atoms with Crippen molar-refractivity contribution in [3.8, 4) is 0 Å². The summed E-state index contributed by atoms with van der Waals surface area (Å²) in [6.07, 6.45) is -3.70. The molecule has 0 radical (unpaired) electrons. The molecule has 1 aliphatic heterocycles. The summed E-state index contributed by atoms with van der Waals surface area (Å²) in [5.41, 5.74) is 4.42. The second kappa shape index (κ2) is 4.79. The molecule has 0 aromatic heterocycles. The van der Waals surface area contributed by atoms with Gasteiger partial charge in [-0.3, -0.25) is 0 Å². The van der Waals surface area contributed by atoms with Crippen molar-refractivity contribution < 1.29 is 13.2 Å². The Hall–Kier alpha value is -1.97. The first-order chi connectivity index (χ1) is 9.84. The van der Waals surface area contributed by atoms with Crippen LogP contribution in [-0.4, -0.2) is 0 Å². The fraction of sp³-hybridized carbons (Fsp3) is 0.294. The lowest BCUT2D eigenvalue weighted by Crippen LogP contribution is -2.07. The summed E-state index contributed by atoms with van der Waals surface area (Å²) < 4.78 is 38.3. The van der Waals surface area contributed by atoms with E-state index in [1.807, 2.05) is 19.9 Å². The van der Waals surface area contributed by atoms with Crippen molar-refractivity contribution in [3.63, 3.8) is 0 Å². The van der Waals surface area contributed by atoms with E-state index in [0.717, 1.165) is 34.0 Å². The Labute approximate surface area is 121 Å². The van der Waals surface area contributed by atoms with E-state index in [-0.39, 0.29) is 6.04 Å². The van der Waals surface area contributed by atoms with Crippen molar-refractivity contribution in [2.75, 3.05) is 5.32 Å². The van der Waals surface area contributed by atoms with Crippen LogP contribution in [0.15, 0.2) is 36.4 Å². The van der Waals surface area contributed by atoms with Crippen molar-refractivity contribution >= 4 is 5.69 Å². The molecule has 4 heteroatoms. The van der Waals surface area contributed by atoms with E-state index in [4.69, 9.17) is 0 Å². The highest BCUT2D eigenvalue weighted by atomic mass is 19.4. The highest BCUT2D eigenvalue weighted by molar-refractivity contribution is 5.60. The molecule has 21 heavy (non-hydrogen) atoms. The van der Waals surface area contributed by atoms with Crippen LogP contribution in [-0.2, 0) is 12.6 Å². The molecule has 0 saturated carbocycles. The minimum Gasteiger partial charge on any atom is -0.378 e. The summed E-state index contributed by atoms with van der Waals surface area (Å²) >= 11 is 0. The average Bonchev–Trinajstić information content (AvgIpc) is 2.83. The number of rotatable bonds is 1. The fourth-order valence-electron chi connectivity index (χ4n) is 2.86. The first-order valence-electron chi connectivity index (χ1n) is 6.88. The van der Waals surface area contributed by atoms with Crippen LogP contribution in [0.5, 0.6) is 0 Å². The van der Waals surface area contributed by atoms with Gasteiger partial charge in [-0.1, -0.05) is 23.8 Å². The summed E-state index contributed by atoms with van der Waals surface area (Å²) in [4.78, 5) is 0. The predicted octanol–water partition coefficient (Wildman–Crippen LogP) is 5.03. The van der Waals surface area contributed by atoms with Gasteiger partial charge in [-0.2, -0.15) is 13.2 Å². The summed E-state index contributed by atoms with van der Waals surface area (Å²) in [5, 5.41) is 3.33. The number of hydrogen-bond acceptors (Lipinski definition) is 1. The molecule has 2 aromatic carbocycles. The van der Waals surface area contributed by atoms with Crippen LogP contribution in [0.25, 0.3) is 0 Å². The molecule has 1 unspecified atom stereocenters. The number of halogens is 3. The molecule has 0 spiro atoms. The fourth-order valence-corrected chi connectivity index (χ4v) is 2.86. The Morgan fingerprint density at radius 2 is 1.81 bits per heavy atom. The second-order valence-corrected chi connectivity index (χ2v) is 5.63. The first kappa shape index (κ1) is 14.0. The molecule has 0 bridgehead atoms. The number of hydrogen-bond donors (Lipinski definition) is 1. The van der Waals surface area contributed by atoms with Crippen molar-refractivity contribution in [3.05, 3.63) is 64.2 Å². The molecule has 2 aromatic rings. The van der Waals surface area contributed by atoms with Gasteiger partial charge in [0.25, 0.3) is 0 Å². The first-order valence-corrected chi connectivity index (χ1v) is 6.88. The van der Waals surface area contributed by atoms with E-state index in [0.29, 0.717) is 6.42 Å². The lowest BCUT2D eigenvalue weighted by atomic mass is 9.96. The largest absolute Gasteiger partial charge is 0.416 e. The zero-order valence-corrected chi connectivity index (χ0v) is 11.9. The highest BCUT2D eigenvalue weighted by Crippen LogP contribution is 2.39. The Balaban J connectivity index is 1.93. The molecule has 1 aliphatic rings. The molecule has 0 amide bonds. The van der Waals surface area contributed by atoms with E-state index in [1.165, 1.54) is 12.1 Å². The van der Waals surface area contributed by atoms with E-state index in [2.05, 4.69) is 17.4 Å². The van der Waals surface area contributed by atoms with E-state index in [9.17, 15) is 13.2 Å². The Morgan fingerprint density at radius 3 is 2.52 bits per heavy atom. The molecule has 1 heterocycles. The highest BCUT2D eigenvalue weighted by Gasteiger charge is 2.32. The zero-order chi connectivity index (χ0) is 15.2. The quantitative estimate of drug-likeness (QED) is 0.777. The van der Waals surface area contributed by atoms with E-state index >= 15 is 0 Å². The van der Waals surface area contributed by atoms with Gasteiger partial charge in [0.05, 0.1) is 11.6 Å². The van der Waals surface area contributed by atoms with Crippen LogP contribution >= 0.6 is 0 Å². The summed E-state index contributed by atoms with van der Waals surface area (Å²) in [6, 6.07) is 10.2. The number of aryl methyl sites for hydroxylation is 2. The van der Waals surface area contributed by atoms with Crippen LogP contribution in [0, 0.1) is 13.8 Å². The number of alkyl halides is 3. The Morgan fingerprint density at radius 1 is 1.05 bits per heavy atom. The smallest absolute Gasteiger partial charge is 0.378 e. The third-order valence-electron chi connectivity index (χ3n) is 4.00. The molecule has 110 valence electrons. The van der Waals surface area contributed by atoms with Gasteiger partial charge in [0.2, 0.25) is 0 Å². The molecule has 1 N–H and O–H groups in total. The lowest BCUT2D eigenvalue weighted by Gasteiger charge is -2.15. The third-order valence-corrected chi connectivity index (χ3v) is 4.00. The van der Waals surface area contributed by atoms with Crippen LogP contribution in [0.1, 0.15) is 33.9 Å². The maximum absolute atomic E-state index is 12.8. The molecular formula is C17H16F3N. The SMILES string of the molecule is Cc1ccc(C)c(C2Cc3cc(C(F)(F)F)ccc3N2)c1. The number of anilines is 1. The third kappa shape index (κ3) is 2.62. The molecule has 0 fully saturated rings. The Bertz CT molecular complexity index is 689. The van der Waals surface area contributed by atoms with Gasteiger partial charge in [0, 0.05) is 5.69 Å². The zero-order valence-electron chi connectivity index (χ0n) is 11.9. The van der Waals surface area contributed by atoms with Crippen molar-refractivity contribution in [2.45, 2.75) is 32.5 Å².